The van der Waals surface area contributed by atoms with E-state index in [9.17, 15) is 4.79 Å². The Morgan fingerprint density at radius 3 is 2.55 bits per heavy atom. The number of hydrogen-bond donors (Lipinski definition) is 0. The van der Waals surface area contributed by atoms with Gasteiger partial charge in [0, 0.05) is 12.6 Å². The van der Waals surface area contributed by atoms with Crippen molar-refractivity contribution in [2.45, 2.75) is 19.9 Å². The van der Waals surface area contributed by atoms with Crippen LogP contribution in [-0.2, 0) is 4.79 Å². The second-order valence-corrected chi connectivity index (χ2v) is 3.73. The van der Waals surface area contributed by atoms with E-state index in [1.54, 1.807) is 0 Å². The van der Waals surface area contributed by atoms with Crippen LogP contribution >= 0.6 is 9.39 Å². The summed E-state index contributed by atoms with van der Waals surface area (Å²) in [7, 11) is 2.51. The highest BCUT2D eigenvalue weighted by molar-refractivity contribution is 7.13. The Morgan fingerprint density at radius 1 is 1.55 bits per heavy atom. The second-order valence-electron chi connectivity index (χ2n) is 3.00. The quantitative estimate of drug-likeness (QED) is 0.540. The lowest BCUT2D eigenvalue weighted by molar-refractivity contribution is -0.111. The van der Waals surface area contributed by atoms with E-state index in [4.69, 9.17) is 0 Å². The van der Waals surface area contributed by atoms with Gasteiger partial charge in [-0.25, -0.2) is 0 Å². The molecule has 1 aliphatic rings. The molecule has 1 fully saturated rings. The van der Waals surface area contributed by atoms with Gasteiger partial charge in [0.25, 0.3) is 0 Å². The normalized spacial score (nSPS) is 24.0. The zero-order chi connectivity index (χ0) is 8.43. The summed E-state index contributed by atoms with van der Waals surface area (Å²) < 4.78 is 1.89. The molecule has 62 valence electrons. The summed E-state index contributed by atoms with van der Waals surface area (Å²) in [5, 5.41) is 0. The van der Waals surface area contributed by atoms with Crippen LogP contribution in [0.5, 0.6) is 0 Å². The van der Waals surface area contributed by atoms with E-state index >= 15 is 0 Å². The van der Waals surface area contributed by atoms with E-state index in [0.717, 1.165) is 5.71 Å². The lowest BCUT2D eigenvalue weighted by atomic mass is 10.3. The third-order valence-corrected chi connectivity index (χ3v) is 1.80. The molecule has 0 amide bonds. The van der Waals surface area contributed by atoms with Crippen LogP contribution in [-0.4, -0.2) is 35.3 Å². The highest BCUT2D eigenvalue weighted by Gasteiger charge is 2.23. The fraction of sp³-hybridized carbons (Fsp3) is 0.714. The van der Waals surface area contributed by atoms with Crippen molar-refractivity contribution in [3.63, 3.8) is 0 Å². The number of carbonyl (C=O) groups excluding carboxylic acids is 1. The standard InChI is InChI=1S/C7H13N2OP/c1-5(2)8-6-3-9(11)4-7(6)10/h5H,3-4,11H2,1-2H3/b8-6-. The van der Waals surface area contributed by atoms with Gasteiger partial charge in [-0.3, -0.25) is 14.5 Å². The Morgan fingerprint density at radius 2 is 2.18 bits per heavy atom. The van der Waals surface area contributed by atoms with Crippen molar-refractivity contribution in [1.82, 2.24) is 4.67 Å². The molecule has 0 aromatic heterocycles. The maximum absolute atomic E-state index is 11.1. The van der Waals surface area contributed by atoms with Gasteiger partial charge in [-0.05, 0) is 13.8 Å². The molecule has 3 nitrogen and oxygen atoms in total. The first-order valence-corrected chi connectivity index (χ1v) is 4.20. The minimum Gasteiger partial charge on any atom is -0.291 e. The maximum atomic E-state index is 11.1. The van der Waals surface area contributed by atoms with E-state index in [1.165, 1.54) is 0 Å². The molecule has 0 radical (unpaired) electrons. The summed E-state index contributed by atoms with van der Waals surface area (Å²) in [6, 6.07) is 0.227. The van der Waals surface area contributed by atoms with Gasteiger partial charge in [0.05, 0.1) is 12.3 Å². The maximum Gasteiger partial charge on any atom is 0.192 e. The Bertz CT molecular complexity index is 201. The van der Waals surface area contributed by atoms with E-state index in [-0.39, 0.29) is 11.8 Å². The molecular weight excluding hydrogens is 159 g/mol. The van der Waals surface area contributed by atoms with Crippen LogP contribution in [0, 0.1) is 0 Å². The number of nitrogens with zero attached hydrogens (tertiary/aromatic N) is 2. The first-order chi connectivity index (χ1) is 5.09. The fourth-order valence-corrected chi connectivity index (χ4v) is 1.38. The second kappa shape index (κ2) is 3.42. The molecule has 0 saturated carbocycles. The fourth-order valence-electron chi connectivity index (χ4n) is 1.04. The summed E-state index contributed by atoms with van der Waals surface area (Å²) in [4.78, 5) is 15.4. The number of carbonyl (C=O) groups is 1. The summed E-state index contributed by atoms with van der Waals surface area (Å²) in [6.07, 6.45) is 0. The monoisotopic (exact) mass is 172 g/mol. The topological polar surface area (TPSA) is 32.7 Å². The van der Waals surface area contributed by atoms with Crippen molar-refractivity contribution in [3.8, 4) is 0 Å². The highest BCUT2D eigenvalue weighted by Crippen LogP contribution is 2.08. The number of ketones is 1. The minimum absolute atomic E-state index is 0.161. The van der Waals surface area contributed by atoms with Crippen molar-refractivity contribution in [2.75, 3.05) is 13.1 Å². The molecule has 1 unspecified atom stereocenters. The predicted molar refractivity (Wildman–Crippen MR) is 48.9 cm³/mol. The van der Waals surface area contributed by atoms with E-state index < -0.39 is 0 Å². The molecule has 0 bridgehead atoms. The molecule has 0 spiro atoms. The van der Waals surface area contributed by atoms with Gasteiger partial charge in [-0.2, -0.15) is 0 Å². The zero-order valence-corrected chi connectivity index (χ0v) is 8.03. The first-order valence-electron chi connectivity index (χ1n) is 3.69. The Labute approximate surface area is 69.1 Å². The summed E-state index contributed by atoms with van der Waals surface area (Å²) in [5.41, 5.74) is 0.718. The number of hydrogen-bond acceptors (Lipinski definition) is 3. The Balaban J connectivity index is 2.67. The number of aliphatic imine (C=N–C) groups is 1. The van der Waals surface area contributed by atoms with E-state index in [1.807, 2.05) is 18.5 Å². The van der Waals surface area contributed by atoms with Crippen molar-refractivity contribution in [3.05, 3.63) is 0 Å². The number of rotatable bonds is 1. The molecule has 11 heavy (non-hydrogen) atoms. The van der Waals surface area contributed by atoms with E-state index in [2.05, 4.69) is 14.4 Å². The van der Waals surface area contributed by atoms with Crippen LogP contribution in [0.4, 0.5) is 0 Å². The largest absolute Gasteiger partial charge is 0.291 e. The van der Waals surface area contributed by atoms with Gasteiger partial charge in [-0.1, -0.05) is 9.39 Å². The van der Waals surface area contributed by atoms with Crippen LogP contribution in [0.15, 0.2) is 4.99 Å². The van der Waals surface area contributed by atoms with Crippen LogP contribution in [0.2, 0.25) is 0 Å². The molecule has 0 aromatic carbocycles. The summed E-state index contributed by atoms with van der Waals surface area (Å²) in [5.74, 6) is 0.161. The predicted octanol–water partition coefficient (Wildman–Crippen LogP) is 0.511. The van der Waals surface area contributed by atoms with Crippen molar-refractivity contribution >= 4 is 20.9 Å². The number of Topliss-reactive ketones (excluding diaryl/α,β-unsaturated/α-hetero) is 1. The molecule has 1 heterocycles. The minimum atomic E-state index is 0.161. The van der Waals surface area contributed by atoms with Crippen molar-refractivity contribution in [1.29, 1.82) is 0 Å². The molecule has 0 N–H and O–H groups in total. The molecule has 0 aliphatic carbocycles. The third kappa shape index (κ3) is 2.35. The summed E-state index contributed by atoms with van der Waals surface area (Å²) in [6.45, 7) is 5.13. The van der Waals surface area contributed by atoms with Crippen LogP contribution < -0.4 is 0 Å². The van der Waals surface area contributed by atoms with Gasteiger partial charge in [0.15, 0.2) is 5.78 Å². The van der Waals surface area contributed by atoms with Crippen LogP contribution in [0.25, 0.3) is 0 Å². The van der Waals surface area contributed by atoms with Crippen LogP contribution in [0.1, 0.15) is 13.8 Å². The van der Waals surface area contributed by atoms with Gasteiger partial charge in [0.1, 0.15) is 0 Å². The molecule has 1 saturated heterocycles. The van der Waals surface area contributed by atoms with E-state index in [0.29, 0.717) is 13.1 Å². The molecule has 1 rings (SSSR count). The van der Waals surface area contributed by atoms with Gasteiger partial charge >= 0.3 is 0 Å². The van der Waals surface area contributed by atoms with Crippen LogP contribution in [0.3, 0.4) is 0 Å². The Hall–Kier alpha value is -0.270. The first kappa shape index (κ1) is 8.82. The third-order valence-electron chi connectivity index (χ3n) is 1.44. The van der Waals surface area contributed by atoms with Gasteiger partial charge in [-0.15, -0.1) is 0 Å². The average Bonchev–Trinajstić information content (AvgIpc) is 2.09. The molecule has 1 aliphatic heterocycles. The van der Waals surface area contributed by atoms with Crippen molar-refractivity contribution < 1.29 is 4.79 Å². The van der Waals surface area contributed by atoms with Gasteiger partial charge < -0.3 is 0 Å². The highest BCUT2D eigenvalue weighted by atomic mass is 31.0. The smallest absolute Gasteiger partial charge is 0.192 e. The zero-order valence-electron chi connectivity index (χ0n) is 6.87. The molecular formula is C7H13N2OP. The molecule has 4 heteroatoms. The summed E-state index contributed by atoms with van der Waals surface area (Å²) >= 11 is 0. The Kier molecular flexibility index (Phi) is 2.74. The SMILES string of the molecule is CC(C)/N=C1/CN(P)CC1=O. The molecule has 1 atom stereocenters. The molecule has 0 aromatic rings. The lowest BCUT2D eigenvalue weighted by Crippen LogP contribution is -2.12. The lowest BCUT2D eigenvalue weighted by Gasteiger charge is -2.01. The van der Waals surface area contributed by atoms with Crippen molar-refractivity contribution in [2.24, 2.45) is 4.99 Å². The van der Waals surface area contributed by atoms with Gasteiger partial charge in [0.2, 0.25) is 0 Å². The average molecular weight is 172 g/mol.